The van der Waals surface area contributed by atoms with Crippen LogP contribution in [0.2, 0.25) is 0 Å². The van der Waals surface area contributed by atoms with E-state index < -0.39 is 10.0 Å². The zero-order valence-corrected chi connectivity index (χ0v) is 15.4. The van der Waals surface area contributed by atoms with Gasteiger partial charge < -0.3 is 4.90 Å². The highest BCUT2D eigenvalue weighted by atomic mass is 32.2. The predicted octanol–water partition coefficient (Wildman–Crippen LogP) is 3.22. The molecule has 0 bridgehead atoms. The molecule has 0 fully saturated rings. The minimum Gasteiger partial charge on any atom is -0.330 e. The van der Waals surface area contributed by atoms with Crippen molar-refractivity contribution in [3.8, 4) is 11.1 Å². The number of carbonyl (C=O) groups excluding carboxylic acids is 1. The summed E-state index contributed by atoms with van der Waals surface area (Å²) >= 11 is 0.965. The van der Waals surface area contributed by atoms with Crippen molar-refractivity contribution in [2.75, 3.05) is 0 Å². The maximum Gasteiger partial charge on any atom is 0.255 e. The minimum atomic E-state index is -3.80. The Morgan fingerprint density at radius 2 is 1.50 bits per heavy atom. The first-order valence-corrected chi connectivity index (χ1v) is 10.4. The number of carbonyl (C=O) groups is 1. The third kappa shape index (κ3) is 3.05. The van der Waals surface area contributed by atoms with Gasteiger partial charge in [-0.1, -0.05) is 48.5 Å². The fraction of sp³-hybridized carbons (Fsp3) is 0.105. The molecule has 1 aliphatic heterocycles. The maximum absolute atomic E-state index is 13.0. The summed E-state index contributed by atoms with van der Waals surface area (Å²) in [6.07, 6.45) is 0. The van der Waals surface area contributed by atoms with Crippen molar-refractivity contribution >= 4 is 27.3 Å². The van der Waals surface area contributed by atoms with Gasteiger partial charge in [-0.2, -0.15) is 0 Å². The molecule has 132 valence electrons. The number of amides is 1. The Bertz CT molecular complexity index is 1060. The number of thiophene rings is 1. The molecule has 0 radical (unpaired) electrons. The van der Waals surface area contributed by atoms with Crippen LogP contribution in [-0.2, 0) is 23.1 Å². The van der Waals surface area contributed by atoms with Crippen LogP contribution in [0.15, 0.2) is 64.2 Å². The summed E-state index contributed by atoms with van der Waals surface area (Å²) in [6.45, 7) is 0.925. The number of fused-ring (bicyclic) bond motifs is 3. The van der Waals surface area contributed by atoms with Crippen LogP contribution >= 0.6 is 11.3 Å². The number of sulfonamides is 1. The van der Waals surface area contributed by atoms with Crippen molar-refractivity contribution in [3.05, 3.63) is 76.7 Å². The van der Waals surface area contributed by atoms with Crippen LogP contribution in [0.25, 0.3) is 11.1 Å². The molecule has 2 N–H and O–H groups in total. The lowest BCUT2D eigenvalue weighted by molar-refractivity contribution is 0.0732. The average Bonchev–Trinajstić information content (AvgIpc) is 3.06. The van der Waals surface area contributed by atoms with E-state index in [1.807, 2.05) is 36.4 Å². The zero-order valence-electron chi connectivity index (χ0n) is 13.8. The topological polar surface area (TPSA) is 80.5 Å². The first kappa shape index (κ1) is 17.0. The molecular formula is C19H16N2O3S2. The molecule has 2 heterocycles. The van der Waals surface area contributed by atoms with Crippen molar-refractivity contribution in [1.82, 2.24) is 4.90 Å². The second-order valence-electron chi connectivity index (χ2n) is 6.17. The number of nitrogens with zero attached hydrogens (tertiary/aromatic N) is 1. The smallest absolute Gasteiger partial charge is 0.255 e. The van der Waals surface area contributed by atoms with E-state index in [4.69, 9.17) is 5.14 Å². The van der Waals surface area contributed by atoms with Gasteiger partial charge >= 0.3 is 0 Å². The molecular weight excluding hydrogens is 368 g/mol. The first-order chi connectivity index (χ1) is 12.4. The van der Waals surface area contributed by atoms with Gasteiger partial charge in [-0.05, 0) is 28.3 Å². The Morgan fingerprint density at radius 1 is 0.962 bits per heavy atom. The van der Waals surface area contributed by atoms with Gasteiger partial charge in [-0.25, -0.2) is 13.6 Å². The van der Waals surface area contributed by atoms with Crippen LogP contribution in [0.1, 0.15) is 21.5 Å². The molecule has 3 aromatic rings. The standard InChI is InChI=1S/C19H16N2O3S2/c20-26(23,24)18-9-15(12-25-18)19(22)21-10-13-5-1-3-7-16(13)17-8-4-2-6-14(17)11-21/h1-9,12H,10-11H2,(H2,20,23,24). The van der Waals surface area contributed by atoms with Gasteiger partial charge in [0.15, 0.2) is 0 Å². The normalized spacial score (nSPS) is 13.7. The van der Waals surface area contributed by atoms with E-state index in [0.717, 1.165) is 33.6 Å². The van der Waals surface area contributed by atoms with Gasteiger partial charge in [-0.3, -0.25) is 4.79 Å². The minimum absolute atomic E-state index is 0.00327. The van der Waals surface area contributed by atoms with Gasteiger partial charge in [0, 0.05) is 18.5 Å². The summed E-state index contributed by atoms with van der Waals surface area (Å²) in [4.78, 5) is 14.7. The number of nitrogens with two attached hydrogens (primary N) is 1. The summed E-state index contributed by atoms with van der Waals surface area (Å²) in [7, 11) is -3.80. The number of rotatable bonds is 2. The van der Waals surface area contributed by atoms with Crippen molar-refractivity contribution in [2.24, 2.45) is 5.14 Å². The number of hydrogen-bond acceptors (Lipinski definition) is 4. The highest BCUT2D eigenvalue weighted by molar-refractivity contribution is 7.91. The molecule has 2 aromatic carbocycles. The average molecular weight is 384 g/mol. The van der Waals surface area contributed by atoms with Gasteiger partial charge in [0.2, 0.25) is 10.0 Å². The van der Waals surface area contributed by atoms with Crippen LogP contribution in [-0.4, -0.2) is 19.2 Å². The molecule has 5 nitrogen and oxygen atoms in total. The van der Waals surface area contributed by atoms with Gasteiger partial charge in [0.05, 0.1) is 5.56 Å². The van der Waals surface area contributed by atoms with E-state index in [1.54, 1.807) is 10.3 Å². The monoisotopic (exact) mass is 384 g/mol. The van der Waals surface area contributed by atoms with E-state index in [0.29, 0.717) is 18.7 Å². The Labute approximate surface area is 155 Å². The Morgan fingerprint density at radius 3 is 2.00 bits per heavy atom. The van der Waals surface area contributed by atoms with Crippen molar-refractivity contribution in [1.29, 1.82) is 0 Å². The number of hydrogen-bond donors (Lipinski definition) is 1. The maximum atomic E-state index is 13.0. The predicted molar refractivity (Wildman–Crippen MR) is 101 cm³/mol. The Kier molecular flexibility index (Phi) is 4.14. The second-order valence-corrected chi connectivity index (χ2v) is 8.87. The third-order valence-corrected chi connectivity index (χ3v) is 6.82. The van der Waals surface area contributed by atoms with E-state index >= 15 is 0 Å². The summed E-state index contributed by atoms with van der Waals surface area (Å²) in [5, 5.41) is 6.70. The molecule has 0 saturated carbocycles. The lowest BCUT2D eigenvalue weighted by Crippen LogP contribution is -2.29. The Hall–Kier alpha value is -2.48. The summed E-state index contributed by atoms with van der Waals surface area (Å²) in [6, 6.07) is 17.4. The molecule has 0 unspecified atom stereocenters. The fourth-order valence-electron chi connectivity index (χ4n) is 3.21. The van der Waals surface area contributed by atoms with Crippen LogP contribution in [0.5, 0.6) is 0 Å². The van der Waals surface area contributed by atoms with Gasteiger partial charge in [0.25, 0.3) is 5.91 Å². The molecule has 0 atom stereocenters. The van der Waals surface area contributed by atoms with E-state index in [9.17, 15) is 13.2 Å². The second kappa shape index (κ2) is 6.35. The van der Waals surface area contributed by atoms with Crippen molar-refractivity contribution < 1.29 is 13.2 Å². The molecule has 0 aliphatic carbocycles. The summed E-state index contributed by atoms with van der Waals surface area (Å²) in [5.74, 6) is -0.206. The molecule has 7 heteroatoms. The van der Waals surface area contributed by atoms with E-state index in [2.05, 4.69) is 12.1 Å². The van der Waals surface area contributed by atoms with Gasteiger partial charge in [0.1, 0.15) is 4.21 Å². The molecule has 26 heavy (non-hydrogen) atoms. The Balaban J connectivity index is 1.75. The van der Waals surface area contributed by atoms with Crippen molar-refractivity contribution in [3.63, 3.8) is 0 Å². The third-order valence-electron chi connectivity index (χ3n) is 4.44. The highest BCUT2D eigenvalue weighted by Crippen LogP contribution is 2.33. The zero-order chi connectivity index (χ0) is 18.3. The highest BCUT2D eigenvalue weighted by Gasteiger charge is 2.25. The van der Waals surface area contributed by atoms with Crippen LogP contribution in [0.3, 0.4) is 0 Å². The van der Waals surface area contributed by atoms with Crippen LogP contribution in [0.4, 0.5) is 0 Å². The number of benzene rings is 2. The molecule has 1 aromatic heterocycles. The largest absolute Gasteiger partial charge is 0.330 e. The molecule has 4 rings (SSSR count). The number of primary sulfonamides is 1. The molecule has 1 aliphatic rings. The fourth-order valence-corrected chi connectivity index (χ4v) is 4.79. The molecule has 1 amide bonds. The first-order valence-electron chi connectivity index (χ1n) is 8.00. The molecule has 0 spiro atoms. The summed E-state index contributed by atoms with van der Waals surface area (Å²) in [5.41, 5.74) is 4.71. The van der Waals surface area contributed by atoms with Gasteiger partial charge in [-0.15, -0.1) is 11.3 Å². The van der Waals surface area contributed by atoms with E-state index in [1.165, 1.54) is 6.07 Å². The lowest BCUT2D eigenvalue weighted by Gasteiger charge is -2.21. The van der Waals surface area contributed by atoms with E-state index in [-0.39, 0.29) is 10.1 Å². The van der Waals surface area contributed by atoms with Crippen molar-refractivity contribution in [2.45, 2.75) is 17.3 Å². The van der Waals surface area contributed by atoms with Crippen LogP contribution in [0, 0.1) is 0 Å². The summed E-state index contributed by atoms with van der Waals surface area (Å²) < 4.78 is 23.0. The SMILES string of the molecule is NS(=O)(=O)c1cc(C(=O)N2Cc3ccccc3-c3ccccc3C2)cs1. The van der Waals surface area contributed by atoms with Crippen LogP contribution < -0.4 is 5.14 Å². The molecule has 0 saturated heterocycles. The lowest BCUT2D eigenvalue weighted by atomic mass is 9.97. The quantitative estimate of drug-likeness (QED) is 0.737.